The Labute approximate surface area is 521 Å². The Kier molecular flexibility index (Phi) is 10.4. The lowest BCUT2D eigenvalue weighted by Gasteiger charge is -2.64. The molecule has 0 radical (unpaired) electrons. The lowest BCUT2D eigenvalue weighted by atomic mass is 9.39. The number of benzene rings is 2. The van der Waals surface area contributed by atoms with Crippen LogP contribution in [0.15, 0.2) is 54.0 Å². The summed E-state index contributed by atoms with van der Waals surface area (Å²) < 4.78 is 15.4. The Bertz CT molecular complexity index is 4310. The number of ketones is 3. The number of aliphatic hydroxyl groups excluding tert-OH is 5. The summed E-state index contributed by atoms with van der Waals surface area (Å²) in [6, 6.07) is 6.32. The summed E-state index contributed by atoms with van der Waals surface area (Å²) in [7, 11) is 0. The van der Waals surface area contributed by atoms with E-state index in [0.717, 1.165) is 143 Å². The minimum absolute atomic E-state index is 0.0143. The number of ether oxygens (including phenoxy) is 2. The van der Waals surface area contributed by atoms with Crippen LogP contribution in [-0.4, -0.2) is 116 Å². The molecule has 14 unspecified atom stereocenters. The molecule has 2 aromatic carbocycles. The van der Waals surface area contributed by atoms with Gasteiger partial charge in [0.1, 0.15) is 35.3 Å². The number of carbonyl (C=O) groups excluding carboxylic acids is 3. The molecular weight excluding hydrogens is 1130 g/mol. The van der Waals surface area contributed by atoms with Crippen molar-refractivity contribution in [1.82, 2.24) is 19.9 Å². The van der Waals surface area contributed by atoms with Gasteiger partial charge in [-0.1, -0.05) is 43.6 Å². The first kappa shape index (κ1) is 54.1. The van der Waals surface area contributed by atoms with E-state index in [9.17, 15) is 35.4 Å². The maximum atomic E-state index is 15.7. The van der Waals surface area contributed by atoms with Gasteiger partial charge in [0.2, 0.25) is 5.78 Å². The van der Waals surface area contributed by atoms with Gasteiger partial charge in [0.15, 0.2) is 17.5 Å². The lowest BCUT2D eigenvalue weighted by molar-refractivity contribution is -0.366. The summed E-state index contributed by atoms with van der Waals surface area (Å²) in [5.74, 6) is 4.05. The van der Waals surface area contributed by atoms with E-state index < -0.39 is 75.6 Å². The molecule has 4 aliphatic heterocycles. The molecule has 9 N–H and O–H groups in total. The van der Waals surface area contributed by atoms with Crippen molar-refractivity contribution < 1.29 is 54.5 Å². The number of hydrogen-bond acceptors (Lipinski definition) is 14. The summed E-state index contributed by atoms with van der Waals surface area (Å²) in [5.41, 5.74) is 2.24. The number of aromatic nitrogens is 4. The third kappa shape index (κ3) is 6.02. The lowest BCUT2D eigenvalue weighted by Crippen LogP contribution is -2.79. The van der Waals surface area contributed by atoms with Gasteiger partial charge in [-0.15, -0.1) is 5.92 Å². The number of phenols is 1. The minimum atomic E-state index is -2.51. The van der Waals surface area contributed by atoms with E-state index in [4.69, 9.17) is 19.4 Å². The van der Waals surface area contributed by atoms with Crippen LogP contribution in [0.5, 0.6) is 11.5 Å². The largest absolute Gasteiger partial charge is 0.507 e. The molecule has 6 saturated carbocycles. The highest BCUT2D eigenvalue weighted by molar-refractivity contribution is 6.34. The monoisotopic (exact) mass is 1210 g/mol. The number of nitrogens with zero attached hydrogens (tertiary/aromatic N) is 2. The van der Waals surface area contributed by atoms with Crippen molar-refractivity contribution >= 4 is 39.5 Å². The smallest absolute Gasteiger partial charge is 0.261 e. The number of aliphatic hydroxyl groups is 5. The molecule has 5 aromatic rings. The zero-order valence-electron chi connectivity index (χ0n) is 51.0. The van der Waals surface area contributed by atoms with Gasteiger partial charge in [0.05, 0.1) is 46.5 Å². The van der Waals surface area contributed by atoms with Gasteiger partial charge in [0, 0.05) is 93.6 Å². The normalized spacial score (nSPS) is 40.0. The molecule has 16 nitrogen and oxygen atoms in total. The Morgan fingerprint density at radius 2 is 1.59 bits per heavy atom. The molecule has 0 amide bonds. The molecule has 16 heteroatoms. The molecule has 13 aliphatic carbocycles. The number of aromatic hydroxyl groups is 1. The number of imidazole rings is 1. The van der Waals surface area contributed by atoms with Crippen molar-refractivity contribution in [2.45, 2.75) is 220 Å². The molecule has 17 aliphatic rings. The molecule has 3 aromatic heterocycles. The first-order chi connectivity index (χ1) is 43.4. The summed E-state index contributed by atoms with van der Waals surface area (Å²) in [4.78, 5) is 63.0. The molecule has 12 bridgehead atoms. The number of aryl methyl sites for hydroxylation is 1. The summed E-state index contributed by atoms with van der Waals surface area (Å²) in [6.45, 7) is 1.72. The van der Waals surface area contributed by atoms with Crippen molar-refractivity contribution in [3.63, 3.8) is 0 Å². The van der Waals surface area contributed by atoms with Crippen LogP contribution in [0.2, 0.25) is 0 Å². The molecule has 7 fully saturated rings. The first-order valence-electron chi connectivity index (χ1n) is 34.1. The topological polar surface area (TPSA) is 260 Å². The molecule has 90 heavy (non-hydrogen) atoms. The van der Waals surface area contributed by atoms with Gasteiger partial charge < -0.3 is 55.4 Å². The standard InChI is InChI=1S/C74H77N5O11/c1-36-26-42-49(46(81)27-36)57(84)52-47-28-41-39(50(52)56(42)83)13-25-75-64(41)76-32-48(82)71-34-68(16-4-5-17-68)44-9-7-19-70-18-6-8-37-29-67(20-10-38(80)11-21-67)60-61(78-35-77-60)73(37,70)59-40(12-22-70)51(54(44)71)55(79-59)43-30-72(89-47)62(86)58(85)63(87)74(90-72)53(43)45(71)31-69(65(74)88)24-23-66(33-69)14-2-3-15-66/h13,25-28,30,35,37,44,48,54,58,62-63,65,79,81-82,85-88H,2-6,8,10-12,14-24,29,31-34H2,1H3,(H,75,76)(H,77,78). The highest BCUT2D eigenvalue weighted by Crippen LogP contribution is 2.80. The van der Waals surface area contributed by atoms with E-state index in [1.54, 1.807) is 37.4 Å². The van der Waals surface area contributed by atoms with Crippen molar-refractivity contribution in [3.8, 4) is 23.3 Å². The summed E-state index contributed by atoms with van der Waals surface area (Å²) in [5, 5.41) is 85.9. The van der Waals surface area contributed by atoms with E-state index in [1.165, 1.54) is 11.6 Å². The van der Waals surface area contributed by atoms with Crippen LogP contribution < -0.4 is 10.1 Å². The highest BCUT2D eigenvalue weighted by atomic mass is 16.7. The number of Topliss-reactive ketones (excluding diaryl/α,β-unsaturated/α-hetero) is 1. The van der Waals surface area contributed by atoms with Crippen molar-refractivity contribution in [1.29, 1.82) is 0 Å². The van der Waals surface area contributed by atoms with Gasteiger partial charge in [0.25, 0.3) is 5.79 Å². The van der Waals surface area contributed by atoms with Gasteiger partial charge in [-0.3, -0.25) is 14.4 Å². The van der Waals surface area contributed by atoms with Gasteiger partial charge in [-0.05, 0) is 190 Å². The van der Waals surface area contributed by atoms with Gasteiger partial charge in [-0.25, -0.2) is 9.97 Å². The predicted molar refractivity (Wildman–Crippen MR) is 329 cm³/mol. The minimum Gasteiger partial charge on any atom is -0.507 e. The number of hydrogen-bond donors (Lipinski definition) is 9. The number of phenolic OH excluding ortho intramolecular Hbond substituents is 1. The maximum absolute atomic E-state index is 15.7. The molecule has 22 rings (SSSR count). The highest BCUT2D eigenvalue weighted by Gasteiger charge is 2.79. The molecule has 14 atom stereocenters. The van der Waals surface area contributed by atoms with Crippen molar-refractivity contribution in [3.05, 3.63) is 116 Å². The number of H-pyrrole nitrogens is 2. The number of aromatic amines is 2. The Balaban J connectivity index is 0.938. The van der Waals surface area contributed by atoms with Crippen LogP contribution >= 0.6 is 0 Å². The first-order valence-corrected chi connectivity index (χ1v) is 34.1. The maximum Gasteiger partial charge on any atom is 0.261 e. The SMILES string of the molecule is Cc1cc(O)c2c(c1)C(=O)c1c(c3cc4c(nccc14)NCC(O)C14CC5(CCCC5)C5C#CCC67CCCC8CC9(CCC(=O)CC9)c9nc[nH]c9C86c6[nH]c(c(c6CC7)C51)C1=CC5(O3)OC3(C1=C4CC1(CCC4(CCCC4)C1)C3O)C(O)C(O)C5O)C2=O. The molecule has 7 heterocycles. The average Bonchev–Trinajstić information content (AvgIpc) is 1.24. The quantitative estimate of drug-likeness (QED) is 0.0642. The predicted octanol–water partition coefficient (Wildman–Crippen LogP) is 9.55. The fourth-order valence-electron chi connectivity index (χ4n) is 25.0. The number of rotatable bonds is 0. The number of pyridine rings is 1. The van der Waals surface area contributed by atoms with Gasteiger partial charge in [-0.2, -0.15) is 0 Å². The molecule has 9 spiro atoms. The average molecular weight is 1210 g/mol. The van der Waals surface area contributed by atoms with Crippen LogP contribution in [0.4, 0.5) is 5.82 Å². The Hall–Kier alpha value is -6.45. The number of anilines is 1. The second-order valence-electron chi connectivity index (χ2n) is 31.8. The van der Waals surface area contributed by atoms with E-state index >= 15 is 9.59 Å². The fraction of sp³-hybridized carbons (Fsp3) is 0.581. The Morgan fingerprint density at radius 1 is 0.778 bits per heavy atom. The summed E-state index contributed by atoms with van der Waals surface area (Å²) >= 11 is 0. The van der Waals surface area contributed by atoms with E-state index in [2.05, 4.69) is 27.1 Å². The van der Waals surface area contributed by atoms with Crippen LogP contribution in [-0.2, 0) is 26.8 Å². The zero-order valence-corrected chi connectivity index (χ0v) is 51.0. The third-order valence-corrected chi connectivity index (χ3v) is 28.3. The number of nitrogens with one attached hydrogen (secondary N) is 3. The zero-order chi connectivity index (χ0) is 60.8. The number of fused-ring (bicyclic) bond motifs is 9. The molecule has 464 valence electrons. The molecular formula is C74H77N5O11. The Morgan fingerprint density at radius 3 is 2.41 bits per heavy atom. The van der Waals surface area contributed by atoms with Crippen molar-refractivity contribution in [2.75, 3.05) is 11.9 Å². The van der Waals surface area contributed by atoms with Crippen LogP contribution in [0.1, 0.15) is 225 Å². The van der Waals surface area contributed by atoms with Crippen LogP contribution in [0, 0.1) is 57.7 Å². The van der Waals surface area contributed by atoms with Crippen molar-refractivity contribution in [2.24, 2.45) is 38.9 Å². The van der Waals surface area contributed by atoms with Crippen LogP contribution in [0.3, 0.4) is 0 Å². The molecule has 1 saturated heterocycles. The van der Waals surface area contributed by atoms with Crippen LogP contribution in [0.25, 0.3) is 16.3 Å². The van der Waals surface area contributed by atoms with E-state index in [1.807, 2.05) is 6.33 Å². The third-order valence-electron chi connectivity index (χ3n) is 28.3. The van der Waals surface area contributed by atoms with Gasteiger partial charge >= 0.3 is 0 Å². The number of carbonyl (C=O) groups is 3. The van der Waals surface area contributed by atoms with E-state index in [0.29, 0.717) is 84.0 Å². The fourth-order valence-corrected chi connectivity index (χ4v) is 25.0. The summed E-state index contributed by atoms with van der Waals surface area (Å²) in [6.07, 6.45) is 16.0. The second-order valence-corrected chi connectivity index (χ2v) is 31.8. The second kappa shape index (κ2) is 17.2. The van der Waals surface area contributed by atoms with E-state index in [-0.39, 0.29) is 73.8 Å².